The van der Waals surface area contributed by atoms with Gasteiger partial charge in [-0.05, 0) is 44.3 Å². The maximum absolute atomic E-state index is 6.11. The molecule has 0 bridgehead atoms. The van der Waals surface area contributed by atoms with E-state index in [-0.39, 0.29) is 5.41 Å². The first kappa shape index (κ1) is 22.7. The number of nitrogens with zero attached hydrogens (tertiary/aromatic N) is 2. The topological polar surface area (TPSA) is 48.9 Å². The van der Waals surface area contributed by atoms with Gasteiger partial charge in [0.1, 0.15) is 0 Å². The molecular formula is C23H40N4O. The van der Waals surface area contributed by atoms with Gasteiger partial charge < -0.3 is 20.3 Å². The van der Waals surface area contributed by atoms with Crippen molar-refractivity contribution in [1.29, 1.82) is 0 Å². The fourth-order valence-electron chi connectivity index (χ4n) is 4.00. The molecule has 2 N–H and O–H groups in total. The van der Waals surface area contributed by atoms with Gasteiger partial charge in [-0.15, -0.1) is 0 Å². The van der Waals surface area contributed by atoms with Crippen LogP contribution in [-0.2, 0) is 11.2 Å². The van der Waals surface area contributed by atoms with E-state index in [4.69, 9.17) is 4.74 Å². The normalized spacial score (nSPS) is 22.2. The highest BCUT2D eigenvalue weighted by molar-refractivity contribution is 5.79. The molecule has 5 heteroatoms. The molecule has 0 aromatic heterocycles. The maximum Gasteiger partial charge on any atom is 0.191 e. The van der Waals surface area contributed by atoms with Gasteiger partial charge in [-0.2, -0.15) is 0 Å². The van der Waals surface area contributed by atoms with Gasteiger partial charge in [0.15, 0.2) is 5.96 Å². The van der Waals surface area contributed by atoms with Crippen LogP contribution in [0.25, 0.3) is 0 Å². The minimum Gasteiger partial charge on any atom is -0.377 e. The number of nitrogens with one attached hydrogen (secondary N) is 2. The molecule has 1 aliphatic heterocycles. The minimum absolute atomic E-state index is 0.162. The van der Waals surface area contributed by atoms with Gasteiger partial charge in [-0.1, -0.05) is 51.1 Å². The Labute approximate surface area is 171 Å². The highest BCUT2D eigenvalue weighted by atomic mass is 16.5. The number of likely N-dealkylation sites (N-methyl/N-ethyl adjacent to an activating group) is 1. The monoisotopic (exact) mass is 388 g/mol. The lowest BCUT2D eigenvalue weighted by Gasteiger charge is -2.40. The van der Waals surface area contributed by atoms with Crippen molar-refractivity contribution in [2.75, 3.05) is 40.8 Å². The predicted molar refractivity (Wildman–Crippen MR) is 119 cm³/mol. The van der Waals surface area contributed by atoms with E-state index in [1.807, 2.05) is 7.05 Å². The van der Waals surface area contributed by atoms with Crippen molar-refractivity contribution < 1.29 is 4.74 Å². The lowest BCUT2D eigenvalue weighted by atomic mass is 9.78. The summed E-state index contributed by atoms with van der Waals surface area (Å²) in [4.78, 5) is 6.71. The summed E-state index contributed by atoms with van der Waals surface area (Å²) in [6.45, 7) is 9.45. The second kappa shape index (κ2) is 10.8. The number of hydrogen-bond acceptors (Lipinski definition) is 3. The molecule has 0 spiro atoms. The second-order valence-corrected chi connectivity index (χ2v) is 9.20. The van der Waals surface area contributed by atoms with Gasteiger partial charge in [0, 0.05) is 38.7 Å². The molecule has 3 atom stereocenters. The molecule has 1 aromatic carbocycles. The van der Waals surface area contributed by atoms with Crippen molar-refractivity contribution in [1.82, 2.24) is 15.5 Å². The Morgan fingerprint density at radius 1 is 1.21 bits per heavy atom. The first-order valence-electron chi connectivity index (χ1n) is 10.6. The van der Waals surface area contributed by atoms with E-state index in [0.717, 1.165) is 38.5 Å². The van der Waals surface area contributed by atoms with E-state index in [1.165, 1.54) is 12.0 Å². The third kappa shape index (κ3) is 7.10. The molecule has 0 radical (unpaired) electrons. The Kier molecular flexibility index (Phi) is 8.77. The van der Waals surface area contributed by atoms with Crippen LogP contribution in [0.5, 0.6) is 0 Å². The molecule has 3 unspecified atom stereocenters. The molecule has 2 rings (SSSR count). The molecular weight excluding hydrogens is 348 g/mol. The number of aliphatic imine (C=N–C) groups is 1. The van der Waals surface area contributed by atoms with E-state index in [1.54, 1.807) is 0 Å². The Balaban J connectivity index is 1.87. The van der Waals surface area contributed by atoms with Gasteiger partial charge in [0.05, 0.1) is 6.10 Å². The number of hydrogen-bond donors (Lipinski definition) is 2. The summed E-state index contributed by atoms with van der Waals surface area (Å²) in [5.41, 5.74) is 1.52. The molecule has 1 aliphatic rings. The highest BCUT2D eigenvalue weighted by Gasteiger charge is 2.35. The van der Waals surface area contributed by atoms with Crippen LogP contribution in [0.15, 0.2) is 35.3 Å². The summed E-state index contributed by atoms with van der Waals surface area (Å²) in [6.07, 6.45) is 3.66. The molecule has 1 fully saturated rings. The van der Waals surface area contributed by atoms with Crippen LogP contribution in [0.2, 0.25) is 0 Å². The number of benzene rings is 1. The molecule has 158 valence electrons. The lowest BCUT2D eigenvalue weighted by molar-refractivity contribution is -0.0835. The third-order valence-electron chi connectivity index (χ3n) is 5.60. The predicted octanol–water partition coefficient (Wildman–Crippen LogP) is 3.17. The molecule has 1 heterocycles. The molecule has 5 nitrogen and oxygen atoms in total. The van der Waals surface area contributed by atoms with Crippen LogP contribution >= 0.6 is 0 Å². The summed E-state index contributed by atoms with van der Waals surface area (Å²) >= 11 is 0. The molecule has 1 aromatic rings. The molecule has 0 aliphatic carbocycles. The standard InChI is InChI=1S/C23H40N4O/c1-23(2,3)21-19(13-10-14-28-21)16-25-22(24-4)26-17-20(27(5)6)15-18-11-8-7-9-12-18/h7-9,11-12,19-21H,10,13-17H2,1-6H3,(H2,24,25,26). The zero-order valence-corrected chi connectivity index (χ0v) is 18.7. The number of ether oxygens (including phenoxy) is 1. The van der Waals surface area contributed by atoms with E-state index in [0.29, 0.717) is 18.1 Å². The summed E-state index contributed by atoms with van der Waals surface area (Å²) in [6, 6.07) is 11.1. The van der Waals surface area contributed by atoms with Crippen molar-refractivity contribution in [2.45, 2.75) is 52.2 Å². The first-order chi connectivity index (χ1) is 13.3. The van der Waals surface area contributed by atoms with Gasteiger partial charge in [-0.3, -0.25) is 4.99 Å². The molecule has 0 saturated carbocycles. The van der Waals surface area contributed by atoms with Crippen molar-refractivity contribution in [3.05, 3.63) is 35.9 Å². The van der Waals surface area contributed by atoms with Gasteiger partial charge in [0.25, 0.3) is 0 Å². The average Bonchev–Trinajstić information content (AvgIpc) is 2.67. The van der Waals surface area contributed by atoms with E-state index < -0.39 is 0 Å². The molecule has 1 saturated heterocycles. The Morgan fingerprint density at radius 3 is 2.54 bits per heavy atom. The zero-order valence-electron chi connectivity index (χ0n) is 18.7. The molecule has 28 heavy (non-hydrogen) atoms. The maximum atomic E-state index is 6.11. The summed E-state index contributed by atoms with van der Waals surface area (Å²) in [5, 5.41) is 7.06. The highest BCUT2D eigenvalue weighted by Crippen LogP contribution is 2.33. The minimum atomic E-state index is 0.162. The Morgan fingerprint density at radius 2 is 1.93 bits per heavy atom. The van der Waals surface area contributed by atoms with Crippen LogP contribution in [0.4, 0.5) is 0 Å². The van der Waals surface area contributed by atoms with Crippen LogP contribution in [0.1, 0.15) is 39.2 Å². The smallest absolute Gasteiger partial charge is 0.191 e. The van der Waals surface area contributed by atoms with Crippen LogP contribution in [-0.4, -0.2) is 63.8 Å². The second-order valence-electron chi connectivity index (χ2n) is 9.20. The SMILES string of the molecule is CN=C(NCC1CCCOC1C(C)(C)C)NCC(Cc1ccccc1)N(C)C. The fourth-order valence-corrected chi connectivity index (χ4v) is 4.00. The average molecular weight is 389 g/mol. The Bertz CT molecular complexity index is 594. The van der Waals surface area contributed by atoms with Gasteiger partial charge in [0.2, 0.25) is 0 Å². The van der Waals surface area contributed by atoms with E-state index >= 15 is 0 Å². The fraction of sp³-hybridized carbons (Fsp3) is 0.696. The van der Waals surface area contributed by atoms with E-state index in [9.17, 15) is 0 Å². The van der Waals surface area contributed by atoms with Crippen LogP contribution < -0.4 is 10.6 Å². The largest absolute Gasteiger partial charge is 0.377 e. The first-order valence-corrected chi connectivity index (χ1v) is 10.6. The Hall–Kier alpha value is -1.59. The van der Waals surface area contributed by atoms with Crippen LogP contribution in [0.3, 0.4) is 0 Å². The zero-order chi connectivity index (χ0) is 20.6. The van der Waals surface area contributed by atoms with Crippen molar-refractivity contribution in [3.8, 4) is 0 Å². The van der Waals surface area contributed by atoms with Gasteiger partial charge in [-0.25, -0.2) is 0 Å². The van der Waals surface area contributed by atoms with Crippen molar-refractivity contribution in [2.24, 2.45) is 16.3 Å². The molecule has 0 amide bonds. The van der Waals surface area contributed by atoms with E-state index in [2.05, 4.69) is 85.7 Å². The third-order valence-corrected chi connectivity index (χ3v) is 5.60. The number of rotatable bonds is 7. The van der Waals surface area contributed by atoms with Crippen molar-refractivity contribution in [3.63, 3.8) is 0 Å². The summed E-state index contributed by atoms with van der Waals surface area (Å²) in [5.74, 6) is 1.39. The number of guanidine groups is 1. The summed E-state index contributed by atoms with van der Waals surface area (Å²) < 4.78 is 6.11. The van der Waals surface area contributed by atoms with Gasteiger partial charge >= 0.3 is 0 Å². The van der Waals surface area contributed by atoms with Crippen molar-refractivity contribution >= 4 is 5.96 Å². The summed E-state index contributed by atoms with van der Waals surface area (Å²) in [7, 11) is 6.12. The lowest BCUT2D eigenvalue weighted by Crippen LogP contribution is -2.49. The van der Waals surface area contributed by atoms with Crippen LogP contribution in [0, 0.1) is 11.3 Å². The quantitative estimate of drug-likeness (QED) is 0.556.